The minimum Gasteiger partial charge on any atom is -0.359 e. The second-order valence-corrected chi connectivity index (χ2v) is 10.3. The lowest BCUT2D eigenvalue weighted by Gasteiger charge is -2.02. The molecule has 1 amide bonds. The predicted octanol–water partition coefficient (Wildman–Crippen LogP) is 7.68. The van der Waals surface area contributed by atoms with Gasteiger partial charge in [-0.2, -0.15) is 11.8 Å². The van der Waals surface area contributed by atoms with Crippen molar-refractivity contribution in [1.82, 2.24) is 10.2 Å². The van der Waals surface area contributed by atoms with Crippen molar-refractivity contribution in [3.8, 4) is 0 Å². The van der Waals surface area contributed by atoms with Crippen LogP contribution in [0.5, 0.6) is 0 Å². The first kappa shape index (κ1) is 28.0. The van der Waals surface area contributed by atoms with Crippen LogP contribution in [0.25, 0.3) is 0 Å². The summed E-state index contributed by atoms with van der Waals surface area (Å²) in [6.07, 6.45) is 21.7. The Bertz CT molecular complexity index is 578. The molecule has 0 aliphatic rings. The Kier molecular flexibility index (Phi) is 18.8. The number of aromatic nitrogens is 2. The summed E-state index contributed by atoms with van der Waals surface area (Å²) in [7, 11) is 0. The van der Waals surface area contributed by atoms with Gasteiger partial charge in [-0.1, -0.05) is 88.7 Å². The zero-order valence-corrected chi connectivity index (χ0v) is 21.4. The van der Waals surface area contributed by atoms with Crippen LogP contribution >= 0.6 is 23.1 Å². The lowest BCUT2D eigenvalue weighted by Crippen LogP contribution is -2.10. The number of hydrogen-bond donors (Lipinski definition) is 2. The third-order valence-corrected chi connectivity index (χ3v) is 6.76. The monoisotopic (exact) mass is 468 g/mol. The van der Waals surface area contributed by atoms with Crippen LogP contribution in [0.3, 0.4) is 0 Å². The third-order valence-electron chi connectivity index (χ3n) is 5.06. The van der Waals surface area contributed by atoms with E-state index in [9.17, 15) is 4.79 Å². The van der Waals surface area contributed by atoms with Gasteiger partial charge < -0.3 is 10.6 Å². The molecule has 0 aliphatic carbocycles. The first-order valence-corrected chi connectivity index (χ1v) is 14.3. The molecule has 0 spiro atoms. The van der Waals surface area contributed by atoms with E-state index in [2.05, 4.69) is 46.8 Å². The second-order valence-electron chi connectivity index (χ2n) is 7.92. The van der Waals surface area contributed by atoms with E-state index in [1.807, 2.05) is 11.8 Å². The minimum absolute atomic E-state index is 0.0434. The number of rotatable bonds is 21. The number of amides is 1. The van der Waals surface area contributed by atoms with Gasteiger partial charge in [0.1, 0.15) is 0 Å². The fourth-order valence-corrected chi connectivity index (χ4v) is 4.48. The van der Waals surface area contributed by atoms with Crippen LogP contribution in [0.15, 0.2) is 12.2 Å². The molecule has 0 unspecified atom stereocenters. The molecule has 0 fully saturated rings. The fraction of sp³-hybridized carbons (Fsp3) is 0.792. The van der Waals surface area contributed by atoms with E-state index in [4.69, 9.17) is 0 Å². The van der Waals surface area contributed by atoms with Crippen molar-refractivity contribution in [1.29, 1.82) is 0 Å². The molecule has 0 saturated heterocycles. The summed E-state index contributed by atoms with van der Waals surface area (Å²) in [6, 6.07) is 0. The lowest BCUT2D eigenvalue weighted by molar-refractivity contribution is -0.116. The van der Waals surface area contributed by atoms with Crippen molar-refractivity contribution in [2.24, 2.45) is 0 Å². The lowest BCUT2D eigenvalue weighted by atomic mass is 10.1. The largest absolute Gasteiger partial charge is 0.359 e. The zero-order valence-electron chi connectivity index (χ0n) is 19.8. The minimum atomic E-state index is 0.0434. The van der Waals surface area contributed by atoms with Crippen LogP contribution in [0.4, 0.5) is 10.3 Å². The Morgan fingerprint density at radius 2 is 1.48 bits per heavy atom. The Balaban J connectivity index is 1.91. The predicted molar refractivity (Wildman–Crippen MR) is 139 cm³/mol. The van der Waals surface area contributed by atoms with Crippen LogP contribution < -0.4 is 10.6 Å². The summed E-state index contributed by atoms with van der Waals surface area (Å²) in [5.41, 5.74) is 0. The SMILES string of the molecule is CCCCCCCC/C=C/CCCCCCCC(=O)Nc1nnc(NCCSCC)s1. The molecule has 31 heavy (non-hydrogen) atoms. The Morgan fingerprint density at radius 3 is 2.16 bits per heavy atom. The standard InChI is InChI=1S/C24H44N4OS2/c1-3-5-6-7-8-9-10-11-12-13-14-15-16-17-18-19-22(29)26-24-28-27-23(31-24)25-20-21-30-4-2/h11-12H,3-10,13-21H2,1-2H3,(H,25,27)(H,26,28,29)/b12-11+. The molecule has 0 saturated carbocycles. The Labute approximate surface area is 198 Å². The number of carbonyl (C=O) groups is 1. The van der Waals surface area contributed by atoms with E-state index >= 15 is 0 Å². The molecular weight excluding hydrogens is 424 g/mol. The summed E-state index contributed by atoms with van der Waals surface area (Å²) in [5, 5.41) is 15.6. The second kappa shape index (κ2) is 20.8. The molecule has 1 aromatic rings. The first-order chi connectivity index (χ1) is 15.3. The number of anilines is 2. The van der Waals surface area contributed by atoms with Crippen LogP contribution in [-0.4, -0.2) is 34.2 Å². The fourth-order valence-electron chi connectivity index (χ4n) is 3.26. The molecule has 0 radical (unpaired) electrons. The van der Waals surface area contributed by atoms with Crippen molar-refractivity contribution < 1.29 is 4.79 Å². The molecule has 1 rings (SSSR count). The van der Waals surface area contributed by atoms with Crippen molar-refractivity contribution in [2.45, 2.75) is 104 Å². The van der Waals surface area contributed by atoms with Gasteiger partial charge in [-0.15, -0.1) is 10.2 Å². The molecule has 5 nitrogen and oxygen atoms in total. The smallest absolute Gasteiger partial charge is 0.226 e. The number of nitrogens with zero attached hydrogens (tertiary/aromatic N) is 2. The quantitative estimate of drug-likeness (QED) is 0.143. The summed E-state index contributed by atoms with van der Waals surface area (Å²) in [5.74, 6) is 2.21. The van der Waals surface area contributed by atoms with Gasteiger partial charge in [-0.05, 0) is 37.9 Å². The highest BCUT2D eigenvalue weighted by Crippen LogP contribution is 2.20. The van der Waals surface area contributed by atoms with Gasteiger partial charge in [-0.25, -0.2) is 0 Å². The van der Waals surface area contributed by atoms with Gasteiger partial charge in [0.2, 0.25) is 16.2 Å². The average Bonchev–Trinajstić information content (AvgIpc) is 3.21. The molecule has 0 aliphatic heterocycles. The number of hydrogen-bond acceptors (Lipinski definition) is 6. The summed E-state index contributed by atoms with van der Waals surface area (Å²) in [4.78, 5) is 12.0. The van der Waals surface area contributed by atoms with Crippen LogP contribution in [0.2, 0.25) is 0 Å². The normalized spacial score (nSPS) is 11.3. The van der Waals surface area contributed by atoms with Gasteiger partial charge in [0.15, 0.2) is 0 Å². The maximum absolute atomic E-state index is 12.0. The van der Waals surface area contributed by atoms with Crippen LogP contribution in [0, 0.1) is 0 Å². The summed E-state index contributed by atoms with van der Waals surface area (Å²) in [6.45, 7) is 5.29. The molecule has 0 aromatic carbocycles. The maximum atomic E-state index is 12.0. The van der Waals surface area contributed by atoms with Gasteiger partial charge in [-0.3, -0.25) is 4.79 Å². The van der Waals surface area contributed by atoms with E-state index in [0.29, 0.717) is 11.6 Å². The highest BCUT2D eigenvalue weighted by Gasteiger charge is 2.07. The summed E-state index contributed by atoms with van der Waals surface area (Å²) >= 11 is 3.29. The van der Waals surface area contributed by atoms with Crippen molar-refractivity contribution in [3.05, 3.63) is 12.2 Å². The average molecular weight is 469 g/mol. The Morgan fingerprint density at radius 1 is 0.871 bits per heavy atom. The molecule has 0 bridgehead atoms. The van der Waals surface area contributed by atoms with E-state index in [-0.39, 0.29) is 5.91 Å². The molecule has 2 N–H and O–H groups in total. The van der Waals surface area contributed by atoms with Crippen molar-refractivity contribution in [3.63, 3.8) is 0 Å². The van der Waals surface area contributed by atoms with Crippen LogP contribution in [0.1, 0.15) is 104 Å². The molecule has 7 heteroatoms. The van der Waals surface area contributed by atoms with Crippen molar-refractivity contribution >= 4 is 39.3 Å². The van der Waals surface area contributed by atoms with Crippen molar-refractivity contribution in [2.75, 3.05) is 28.7 Å². The number of nitrogens with one attached hydrogen (secondary N) is 2. The van der Waals surface area contributed by atoms with E-state index < -0.39 is 0 Å². The van der Waals surface area contributed by atoms with Crippen LogP contribution in [-0.2, 0) is 4.79 Å². The number of unbranched alkanes of at least 4 members (excludes halogenated alkanes) is 11. The number of allylic oxidation sites excluding steroid dienone is 2. The topological polar surface area (TPSA) is 66.9 Å². The highest BCUT2D eigenvalue weighted by atomic mass is 32.2. The van der Waals surface area contributed by atoms with E-state index in [0.717, 1.165) is 36.0 Å². The Hall–Kier alpha value is -1.08. The molecule has 1 heterocycles. The molecule has 1 aromatic heterocycles. The molecule has 0 atom stereocenters. The summed E-state index contributed by atoms with van der Waals surface area (Å²) < 4.78 is 0. The van der Waals surface area contributed by atoms with E-state index in [1.165, 1.54) is 82.0 Å². The number of carbonyl (C=O) groups excluding carboxylic acids is 1. The van der Waals surface area contributed by atoms with Gasteiger partial charge in [0.05, 0.1) is 0 Å². The third kappa shape index (κ3) is 17.2. The van der Waals surface area contributed by atoms with Gasteiger partial charge in [0.25, 0.3) is 0 Å². The highest BCUT2D eigenvalue weighted by molar-refractivity contribution is 7.99. The first-order valence-electron chi connectivity index (χ1n) is 12.4. The van der Waals surface area contributed by atoms with E-state index in [1.54, 1.807) is 0 Å². The maximum Gasteiger partial charge on any atom is 0.226 e. The van der Waals surface area contributed by atoms with Gasteiger partial charge in [0, 0.05) is 18.7 Å². The number of thioether (sulfide) groups is 1. The molecule has 178 valence electrons. The zero-order chi connectivity index (χ0) is 22.4. The molecular formula is C24H44N4OS2. The van der Waals surface area contributed by atoms with Gasteiger partial charge >= 0.3 is 0 Å².